The van der Waals surface area contributed by atoms with Gasteiger partial charge in [-0.1, -0.05) is 19.9 Å². The van der Waals surface area contributed by atoms with Gasteiger partial charge in [0.15, 0.2) is 0 Å². The van der Waals surface area contributed by atoms with Crippen molar-refractivity contribution in [1.29, 1.82) is 0 Å². The molecule has 0 bridgehead atoms. The molecule has 0 spiro atoms. The zero-order valence-corrected chi connectivity index (χ0v) is 10.7. The second-order valence-corrected chi connectivity index (χ2v) is 5.11. The van der Waals surface area contributed by atoms with Crippen LogP contribution >= 0.6 is 15.9 Å². The summed E-state index contributed by atoms with van der Waals surface area (Å²) >= 11 is 3.12. The molecule has 15 heavy (non-hydrogen) atoms. The number of halogens is 2. The van der Waals surface area contributed by atoms with Gasteiger partial charge >= 0.3 is 0 Å². The Morgan fingerprint density at radius 1 is 1.33 bits per heavy atom. The number of hydrogen-bond donors (Lipinski definition) is 1. The van der Waals surface area contributed by atoms with Crippen molar-refractivity contribution < 1.29 is 4.39 Å². The summed E-state index contributed by atoms with van der Waals surface area (Å²) in [5.41, 5.74) is 6.85. The van der Waals surface area contributed by atoms with Gasteiger partial charge in [-0.25, -0.2) is 4.39 Å². The molecule has 1 atom stereocenters. The predicted molar refractivity (Wildman–Crippen MR) is 65.1 cm³/mol. The molecule has 0 saturated heterocycles. The van der Waals surface area contributed by atoms with Gasteiger partial charge in [-0.2, -0.15) is 0 Å². The van der Waals surface area contributed by atoms with Gasteiger partial charge in [-0.15, -0.1) is 0 Å². The van der Waals surface area contributed by atoms with Gasteiger partial charge in [-0.05, 0) is 52.4 Å². The van der Waals surface area contributed by atoms with Crippen LogP contribution in [-0.4, -0.2) is 0 Å². The minimum absolute atomic E-state index is 0.0602. The van der Waals surface area contributed by atoms with E-state index in [9.17, 15) is 4.39 Å². The van der Waals surface area contributed by atoms with Crippen LogP contribution in [0.25, 0.3) is 0 Å². The minimum Gasteiger partial charge on any atom is -0.324 e. The third kappa shape index (κ3) is 3.92. The van der Waals surface area contributed by atoms with Crippen molar-refractivity contribution in [2.75, 3.05) is 0 Å². The van der Waals surface area contributed by atoms with Crippen molar-refractivity contribution >= 4 is 15.9 Å². The van der Waals surface area contributed by atoms with E-state index in [0.29, 0.717) is 10.4 Å². The molecule has 0 aromatic heterocycles. The fourth-order valence-electron chi connectivity index (χ4n) is 1.42. The Morgan fingerprint density at radius 2 is 2.00 bits per heavy atom. The molecule has 84 valence electrons. The predicted octanol–water partition coefficient (Wildman–Crippen LogP) is 4.02. The lowest BCUT2D eigenvalue weighted by Gasteiger charge is -2.13. The smallest absolute Gasteiger partial charge is 0.137 e. The summed E-state index contributed by atoms with van der Waals surface area (Å²) < 4.78 is 13.7. The summed E-state index contributed by atoms with van der Waals surface area (Å²) in [5, 5.41) is 0. The first-order valence-corrected chi connectivity index (χ1v) is 6.00. The lowest BCUT2D eigenvalue weighted by molar-refractivity contribution is 0.505. The van der Waals surface area contributed by atoms with E-state index in [1.807, 2.05) is 6.07 Å². The molecular formula is C12H17BrFN. The molecule has 0 fully saturated rings. The minimum atomic E-state index is -0.243. The van der Waals surface area contributed by atoms with Crippen LogP contribution in [0.3, 0.4) is 0 Å². The monoisotopic (exact) mass is 273 g/mol. The average Bonchev–Trinajstić information content (AvgIpc) is 2.18. The first-order valence-electron chi connectivity index (χ1n) is 5.21. The molecule has 1 rings (SSSR count). The Hall–Kier alpha value is -0.410. The second-order valence-electron chi connectivity index (χ2n) is 4.25. The highest BCUT2D eigenvalue weighted by atomic mass is 79.9. The van der Waals surface area contributed by atoms with Gasteiger partial charge in [0.1, 0.15) is 5.82 Å². The second kappa shape index (κ2) is 5.61. The Kier molecular flexibility index (Phi) is 4.74. The largest absolute Gasteiger partial charge is 0.324 e. The molecule has 1 nitrogen and oxygen atoms in total. The van der Waals surface area contributed by atoms with Crippen LogP contribution < -0.4 is 5.73 Å². The lowest BCUT2D eigenvalue weighted by Crippen LogP contribution is -2.11. The van der Waals surface area contributed by atoms with Crippen molar-refractivity contribution in [3.05, 3.63) is 34.1 Å². The highest BCUT2D eigenvalue weighted by molar-refractivity contribution is 9.10. The molecule has 1 aromatic rings. The first kappa shape index (κ1) is 12.7. The third-order valence-corrected chi connectivity index (χ3v) is 3.07. The molecule has 0 amide bonds. The zero-order valence-electron chi connectivity index (χ0n) is 9.13. The Morgan fingerprint density at radius 3 is 2.53 bits per heavy atom. The van der Waals surface area contributed by atoms with Crippen molar-refractivity contribution in [2.45, 2.75) is 32.7 Å². The maximum Gasteiger partial charge on any atom is 0.137 e. The first-order chi connectivity index (χ1) is 7.00. The number of hydrogen-bond acceptors (Lipinski definition) is 1. The van der Waals surface area contributed by atoms with E-state index in [1.54, 1.807) is 6.07 Å². The van der Waals surface area contributed by atoms with E-state index in [0.717, 1.165) is 18.4 Å². The van der Waals surface area contributed by atoms with E-state index in [1.165, 1.54) is 6.07 Å². The molecule has 3 heteroatoms. The van der Waals surface area contributed by atoms with Crippen molar-refractivity contribution in [3.8, 4) is 0 Å². The van der Waals surface area contributed by atoms with E-state index < -0.39 is 0 Å². The number of benzene rings is 1. The van der Waals surface area contributed by atoms with Crippen LogP contribution in [-0.2, 0) is 0 Å². The number of nitrogens with two attached hydrogens (primary N) is 1. The normalized spacial score (nSPS) is 13.2. The molecule has 0 radical (unpaired) electrons. The Bertz CT molecular complexity index is 325. The maximum atomic E-state index is 13.2. The van der Waals surface area contributed by atoms with E-state index in [4.69, 9.17) is 5.73 Å². The summed E-state index contributed by atoms with van der Waals surface area (Å²) in [6.07, 6.45) is 1.97. The van der Waals surface area contributed by atoms with Crippen LogP contribution in [0.15, 0.2) is 22.7 Å². The van der Waals surface area contributed by atoms with Crippen LogP contribution in [0.4, 0.5) is 4.39 Å². The highest BCUT2D eigenvalue weighted by Crippen LogP contribution is 2.23. The highest BCUT2D eigenvalue weighted by Gasteiger charge is 2.09. The molecular weight excluding hydrogens is 257 g/mol. The van der Waals surface area contributed by atoms with Crippen LogP contribution in [0.1, 0.15) is 38.3 Å². The molecule has 0 saturated carbocycles. The lowest BCUT2D eigenvalue weighted by atomic mass is 9.98. The molecule has 0 unspecified atom stereocenters. The Labute approximate surface area is 99.0 Å². The van der Waals surface area contributed by atoms with E-state index >= 15 is 0 Å². The van der Waals surface area contributed by atoms with Gasteiger partial charge in [0.25, 0.3) is 0 Å². The summed E-state index contributed by atoms with van der Waals surface area (Å²) in [6.45, 7) is 4.32. The van der Waals surface area contributed by atoms with Crippen molar-refractivity contribution in [1.82, 2.24) is 0 Å². The number of rotatable bonds is 4. The van der Waals surface area contributed by atoms with Gasteiger partial charge in [0.05, 0.1) is 4.47 Å². The van der Waals surface area contributed by atoms with Crippen LogP contribution in [0, 0.1) is 11.7 Å². The van der Waals surface area contributed by atoms with Crippen LogP contribution in [0.2, 0.25) is 0 Å². The molecule has 0 aliphatic rings. The Balaban J connectivity index is 2.65. The molecule has 0 aliphatic heterocycles. The van der Waals surface area contributed by atoms with Crippen molar-refractivity contribution in [2.24, 2.45) is 11.7 Å². The van der Waals surface area contributed by atoms with E-state index in [-0.39, 0.29) is 11.9 Å². The van der Waals surface area contributed by atoms with Crippen LogP contribution in [0.5, 0.6) is 0 Å². The van der Waals surface area contributed by atoms with Crippen molar-refractivity contribution in [3.63, 3.8) is 0 Å². The maximum absolute atomic E-state index is 13.2. The average molecular weight is 274 g/mol. The summed E-state index contributed by atoms with van der Waals surface area (Å²) in [7, 11) is 0. The zero-order chi connectivity index (χ0) is 11.4. The molecule has 1 aromatic carbocycles. The van der Waals surface area contributed by atoms with Gasteiger partial charge in [0, 0.05) is 6.04 Å². The quantitative estimate of drug-likeness (QED) is 0.881. The molecule has 0 heterocycles. The van der Waals surface area contributed by atoms with Gasteiger partial charge in [0.2, 0.25) is 0 Å². The topological polar surface area (TPSA) is 26.0 Å². The summed E-state index contributed by atoms with van der Waals surface area (Å²) in [5.74, 6) is 0.392. The van der Waals surface area contributed by atoms with E-state index in [2.05, 4.69) is 29.8 Å². The fraction of sp³-hybridized carbons (Fsp3) is 0.500. The summed E-state index contributed by atoms with van der Waals surface area (Å²) in [6, 6.07) is 5.03. The molecule has 0 aliphatic carbocycles. The standard InChI is InChI=1S/C12H17BrFN/c1-8(2)3-6-12(15)9-4-5-10(13)11(14)7-9/h4-5,7-8,12H,3,6,15H2,1-2H3/t12-/m1/s1. The SMILES string of the molecule is CC(C)CC[C@@H](N)c1ccc(Br)c(F)c1. The fourth-order valence-corrected chi connectivity index (χ4v) is 1.67. The molecule has 2 N–H and O–H groups in total. The summed E-state index contributed by atoms with van der Waals surface area (Å²) in [4.78, 5) is 0. The third-order valence-electron chi connectivity index (χ3n) is 2.43. The van der Waals surface area contributed by atoms with Gasteiger partial charge < -0.3 is 5.73 Å². The van der Waals surface area contributed by atoms with Gasteiger partial charge in [-0.3, -0.25) is 0 Å².